The van der Waals surface area contributed by atoms with E-state index in [2.05, 4.69) is 4.98 Å². The van der Waals surface area contributed by atoms with Gasteiger partial charge in [-0.1, -0.05) is 23.2 Å². The van der Waals surface area contributed by atoms with Crippen LogP contribution in [0.2, 0.25) is 10.0 Å². The molecule has 0 aliphatic carbocycles. The first-order valence-electron chi connectivity index (χ1n) is 10.5. The molecule has 2 aromatic carbocycles. The summed E-state index contributed by atoms with van der Waals surface area (Å²) < 4.78 is 10.7. The number of aromatic nitrogens is 1. The molecule has 0 unspecified atom stereocenters. The predicted octanol–water partition coefficient (Wildman–Crippen LogP) is 5.08. The average Bonchev–Trinajstić information content (AvgIpc) is 3.31. The number of carbonyl (C=O) groups excluding carboxylic acids is 2. The molecule has 0 aliphatic heterocycles. The van der Waals surface area contributed by atoms with Gasteiger partial charge < -0.3 is 19.3 Å². The van der Waals surface area contributed by atoms with Crippen LogP contribution in [0.3, 0.4) is 0 Å². The molecular weight excluding hydrogens is 511 g/mol. The van der Waals surface area contributed by atoms with E-state index in [0.29, 0.717) is 40.4 Å². The maximum absolute atomic E-state index is 13.7. The Morgan fingerprint density at radius 2 is 1.66 bits per heavy atom. The van der Waals surface area contributed by atoms with Crippen molar-refractivity contribution in [1.82, 2.24) is 14.8 Å². The van der Waals surface area contributed by atoms with Crippen LogP contribution in [-0.2, 0) is 0 Å². The van der Waals surface area contributed by atoms with Crippen LogP contribution in [0.25, 0.3) is 0 Å². The Bertz CT molecular complexity index is 1220. The topological polar surface area (TPSA) is 75.2 Å². The second kappa shape index (κ2) is 11.7. The lowest BCUT2D eigenvalue weighted by atomic mass is 10.1. The van der Waals surface area contributed by atoms with E-state index < -0.39 is 5.91 Å². The summed E-state index contributed by atoms with van der Waals surface area (Å²) in [5.41, 5.74) is 0.941. The number of likely N-dealkylation sites (N-methyl/N-ethyl adjacent to an activating group) is 2. The molecule has 0 atom stereocenters. The van der Waals surface area contributed by atoms with Gasteiger partial charge in [0.05, 0.1) is 30.5 Å². The number of hydrogen-bond acceptors (Lipinski definition) is 7. The molecule has 8 nitrogen and oxygen atoms in total. The lowest BCUT2D eigenvalue weighted by Gasteiger charge is -2.22. The summed E-state index contributed by atoms with van der Waals surface area (Å²) in [4.78, 5) is 36.1. The lowest BCUT2D eigenvalue weighted by molar-refractivity contribution is 0.0781. The van der Waals surface area contributed by atoms with Crippen molar-refractivity contribution in [1.29, 1.82) is 0 Å². The number of nitrogens with zero attached hydrogens (tertiary/aromatic N) is 4. The van der Waals surface area contributed by atoms with Crippen LogP contribution in [0.15, 0.2) is 41.8 Å². The summed E-state index contributed by atoms with van der Waals surface area (Å²) in [6, 6.07) is 9.69. The Labute approximate surface area is 218 Å². The highest BCUT2D eigenvalue weighted by Crippen LogP contribution is 2.37. The summed E-state index contributed by atoms with van der Waals surface area (Å²) in [6.45, 7) is 1.25. The van der Waals surface area contributed by atoms with Crippen LogP contribution in [0.4, 0.5) is 10.8 Å². The zero-order valence-electron chi connectivity index (χ0n) is 20.0. The number of hydrogen-bond donors (Lipinski definition) is 0. The van der Waals surface area contributed by atoms with Crippen LogP contribution in [-0.4, -0.2) is 75.1 Å². The van der Waals surface area contributed by atoms with Gasteiger partial charge in [-0.2, -0.15) is 0 Å². The van der Waals surface area contributed by atoms with Crippen molar-refractivity contribution < 1.29 is 19.1 Å². The minimum Gasteiger partial charge on any atom is -0.493 e. The van der Waals surface area contributed by atoms with Crippen molar-refractivity contribution in [3.63, 3.8) is 0 Å². The van der Waals surface area contributed by atoms with Gasteiger partial charge in [-0.15, -0.1) is 11.3 Å². The van der Waals surface area contributed by atoms with Crippen LogP contribution in [0, 0.1) is 0 Å². The number of rotatable bonds is 9. The third kappa shape index (κ3) is 6.24. The Hall–Kier alpha value is -2.85. The van der Waals surface area contributed by atoms with Gasteiger partial charge in [0.25, 0.3) is 11.8 Å². The van der Waals surface area contributed by atoms with E-state index in [1.165, 1.54) is 36.5 Å². The van der Waals surface area contributed by atoms with Crippen molar-refractivity contribution in [2.24, 2.45) is 0 Å². The fraction of sp³-hybridized carbons (Fsp3) is 0.292. The Morgan fingerprint density at radius 3 is 2.29 bits per heavy atom. The molecule has 186 valence electrons. The number of benzene rings is 2. The van der Waals surface area contributed by atoms with E-state index in [4.69, 9.17) is 32.7 Å². The molecule has 0 radical (unpaired) electrons. The Balaban J connectivity index is 2.04. The van der Waals surface area contributed by atoms with Crippen molar-refractivity contribution in [2.45, 2.75) is 0 Å². The molecule has 0 N–H and O–H groups in total. The normalized spacial score (nSPS) is 10.9. The van der Waals surface area contributed by atoms with Crippen molar-refractivity contribution in [2.75, 3.05) is 53.4 Å². The van der Waals surface area contributed by atoms with Gasteiger partial charge in [0, 0.05) is 36.6 Å². The molecule has 11 heteroatoms. The highest BCUT2D eigenvalue weighted by Gasteiger charge is 2.27. The smallest absolute Gasteiger partial charge is 0.273 e. The third-order valence-corrected chi connectivity index (χ3v) is 6.50. The highest BCUT2D eigenvalue weighted by atomic mass is 35.5. The molecular formula is C24H26Cl2N4O4S. The molecule has 0 aliphatic rings. The zero-order valence-corrected chi connectivity index (χ0v) is 22.4. The van der Waals surface area contributed by atoms with E-state index in [1.807, 2.05) is 19.0 Å². The summed E-state index contributed by atoms with van der Waals surface area (Å²) >= 11 is 13.5. The van der Waals surface area contributed by atoms with Gasteiger partial charge >= 0.3 is 0 Å². The number of carbonyl (C=O) groups is 2. The number of halogens is 2. The molecule has 3 rings (SSSR count). The van der Waals surface area contributed by atoms with Gasteiger partial charge in [0.2, 0.25) is 0 Å². The lowest BCUT2D eigenvalue weighted by Crippen LogP contribution is -2.33. The Morgan fingerprint density at radius 1 is 0.943 bits per heavy atom. The minimum atomic E-state index is -0.437. The van der Waals surface area contributed by atoms with E-state index in [9.17, 15) is 9.59 Å². The molecule has 0 bridgehead atoms. The summed E-state index contributed by atoms with van der Waals surface area (Å²) in [7, 11) is 8.63. The molecule has 35 heavy (non-hydrogen) atoms. The molecule has 0 saturated carbocycles. The molecule has 2 amide bonds. The van der Waals surface area contributed by atoms with Crippen LogP contribution < -0.4 is 14.4 Å². The quantitative estimate of drug-likeness (QED) is 0.379. The third-order valence-electron chi connectivity index (χ3n) is 5.12. The fourth-order valence-electron chi connectivity index (χ4n) is 3.17. The molecule has 3 aromatic rings. The molecule has 0 fully saturated rings. The van der Waals surface area contributed by atoms with Gasteiger partial charge in [-0.3, -0.25) is 14.5 Å². The number of thiazole rings is 1. The van der Waals surface area contributed by atoms with Crippen LogP contribution in [0.5, 0.6) is 11.5 Å². The number of ether oxygens (including phenoxy) is 2. The monoisotopic (exact) mass is 536 g/mol. The highest BCUT2D eigenvalue weighted by molar-refractivity contribution is 7.14. The standard InChI is InChI=1S/C24H26Cl2N4O4S/c1-28(2)10-11-29(3)23(32)19-14-35-24(27-19)30(16-7-9-20(33-4)21(13-16)34-5)22(31)17-8-6-15(25)12-18(17)26/h6-9,12-14H,10-11H2,1-5H3. The predicted molar refractivity (Wildman–Crippen MR) is 140 cm³/mol. The van der Waals surface area contributed by atoms with Crippen molar-refractivity contribution in [3.05, 3.63) is 63.1 Å². The second-order valence-electron chi connectivity index (χ2n) is 7.85. The maximum Gasteiger partial charge on any atom is 0.273 e. The van der Waals surface area contributed by atoms with Crippen molar-refractivity contribution in [3.8, 4) is 11.5 Å². The van der Waals surface area contributed by atoms with E-state index >= 15 is 0 Å². The second-order valence-corrected chi connectivity index (χ2v) is 9.53. The first-order chi connectivity index (χ1) is 16.7. The SMILES string of the molecule is COc1ccc(N(C(=O)c2ccc(Cl)cc2Cl)c2nc(C(=O)N(C)CCN(C)C)cs2)cc1OC. The molecule has 0 spiro atoms. The van der Waals surface area contributed by atoms with Gasteiger partial charge in [-0.05, 0) is 44.4 Å². The largest absolute Gasteiger partial charge is 0.493 e. The first kappa shape index (κ1) is 26.7. The van der Waals surface area contributed by atoms with E-state index in [0.717, 1.165) is 0 Å². The van der Waals surface area contributed by atoms with Crippen LogP contribution in [0.1, 0.15) is 20.8 Å². The first-order valence-corrected chi connectivity index (χ1v) is 12.2. The van der Waals surface area contributed by atoms with Crippen molar-refractivity contribution >= 4 is 57.2 Å². The molecule has 1 aromatic heterocycles. The zero-order chi connectivity index (χ0) is 25.7. The minimum absolute atomic E-state index is 0.198. The molecule has 0 saturated heterocycles. The fourth-order valence-corrected chi connectivity index (χ4v) is 4.48. The maximum atomic E-state index is 13.7. The van der Waals surface area contributed by atoms with Gasteiger partial charge in [0.15, 0.2) is 16.6 Å². The summed E-state index contributed by atoms with van der Waals surface area (Å²) in [6.07, 6.45) is 0. The summed E-state index contributed by atoms with van der Waals surface area (Å²) in [5.74, 6) is 0.263. The van der Waals surface area contributed by atoms with E-state index in [-0.39, 0.29) is 22.2 Å². The number of methoxy groups -OCH3 is 2. The Kier molecular flexibility index (Phi) is 8.96. The summed E-state index contributed by atoms with van der Waals surface area (Å²) in [5, 5.41) is 2.54. The van der Waals surface area contributed by atoms with E-state index in [1.54, 1.807) is 47.7 Å². The molecule has 1 heterocycles. The van der Waals surface area contributed by atoms with Gasteiger partial charge in [-0.25, -0.2) is 4.98 Å². The van der Waals surface area contributed by atoms with Crippen LogP contribution >= 0.6 is 34.5 Å². The average molecular weight is 537 g/mol. The number of amides is 2. The number of anilines is 2. The van der Waals surface area contributed by atoms with Gasteiger partial charge in [0.1, 0.15) is 5.69 Å².